The van der Waals surface area contributed by atoms with Crippen LogP contribution >= 0.6 is 0 Å². The molecule has 0 aliphatic heterocycles. The van der Waals surface area contributed by atoms with Crippen LogP contribution in [0.1, 0.15) is 36.1 Å². The zero-order valence-corrected chi connectivity index (χ0v) is 20.2. The molecule has 0 aliphatic carbocycles. The fourth-order valence-electron chi connectivity index (χ4n) is 4.18. The van der Waals surface area contributed by atoms with Gasteiger partial charge in [-0.05, 0) is 47.2 Å². The summed E-state index contributed by atoms with van der Waals surface area (Å²) in [5.41, 5.74) is 5.13. The van der Waals surface area contributed by atoms with Crippen molar-refractivity contribution in [3.8, 4) is 0 Å². The van der Waals surface area contributed by atoms with E-state index in [-0.39, 0.29) is 5.97 Å². The Morgan fingerprint density at radius 1 is 0.600 bits per heavy atom. The monoisotopic (exact) mass is 458 g/mol. The molecule has 0 radical (unpaired) electrons. The van der Waals surface area contributed by atoms with Crippen molar-refractivity contribution in [2.75, 3.05) is 6.61 Å². The molecule has 2 heteroatoms. The van der Waals surface area contributed by atoms with E-state index in [2.05, 4.69) is 48.5 Å². The molecular formula is C33H30O2. The highest BCUT2D eigenvalue weighted by Gasteiger charge is 2.32. The van der Waals surface area contributed by atoms with Gasteiger partial charge >= 0.3 is 5.97 Å². The van der Waals surface area contributed by atoms with Crippen LogP contribution in [0.4, 0.5) is 0 Å². The summed E-state index contributed by atoms with van der Waals surface area (Å²) < 4.78 is 5.62. The van der Waals surface area contributed by atoms with Gasteiger partial charge in [0.05, 0.1) is 6.61 Å². The van der Waals surface area contributed by atoms with E-state index in [0.29, 0.717) is 6.61 Å². The minimum absolute atomic E-state index is 0.284. The Labute approximate surface area is 208 Å². The predicted molar refractivity (Wildman–Crippen MR) is 145 cm³/mol. The molecule has 0 aliphatic rings. The topological polar surface area (TPSA) is 26.3 Å². The fraction of sp³-hybridized carbons (Fsp3) is 0.121. The zero-order chi connectivity index (χ0) is 24.5. The third kappa shape index (κ3) is 5.85. The molecule has 0 bridgehead atoms. The van der Waals surface area contributed by atoms with Crippen LogP contribution in [0.3, 0.4) is 0 Å². The molecule has 0 fully saturated rings. The van der Waals surface area contributed by atoms with Gasteiger partial charge in [0.1, 0.15) is 5.41 Å². The van der Waals surface area contributed by atoms with Gasteiger partial charge in [-0.3, -0.25) is 4.79 Å². The lowest BCUT2D eigenvalue weighted by Crippen LogP contribution is -2.27. The summed E-state index contributed by atoms with van der Waals surface area (Å²) in [5, 5.41) is 0. The molecule has 0 atom stereocenters. The maximum Gasteiger partial charge on any atom is 0.319 e. The second-order valence-electron chi connectivity index (χ2n) is 8.58. The average Bonchev–Trinajstić information content (AvgIpc) is 2.92. The van der Waals surface area contributed by atoms with E-state index in [1.165, 1.54) is 0 Å². The molecule has 4 aromatic rings. The number of rotatable bonds is 8. The van der Waals surface area contributed by atoms with E-state index in [1.807, 2.05) is 98.8 Å². The Morgan fingerprint density at radius 2 is 0.886 bits per heavy atom. The maximum atomic E-state index is 13.5. The van der Waals surface area contributed by atoms with Crippen molar-refractivity contribution < 1.29 is 9.53 Å². The summed E-state index contributed by atoms with van der Waals surface area (Å²) >= 11 is 0. The van der Waals surface area contributed by atoms with Crippen LogP contribution in [0, 0.1) is 5.41 Å². The van der Waals surface area contributed by atoms with Gasteiger partial charge in [-0.2, -0.15) is 0 Å². The highest BCUT2D eigenvalue weighted by atomic mass is 16.5. The first-order chi connectivity index (χ1) is 17.1. The van der Waals surface area contributed by atoms with Gasteiger partial charge in [0.25, 0.3) is 0 Å². The van der Waals surface area contributed by atoms with Crippen molar-refractivity contribution in [2.24, 2.45) is 5.41 Å². The lowest BCUT2D eigenvalue weighted by molar-refractivity contribution is -0.149. The zero-order valence-electron chi connectivity index (χ0n) is 20.2. The molecule has 0 N–H and O–H groups in total. The van der Waals surface area contributed by atoms with Crippen LogP contribution in [0.5, 0.6) is 0 Å². The van der Waals surface area contributed by atoms with Crippen molar-refractivity contribution in [3.05, 3.63) is 156 Å². The lowest BCUT2D eigenvalue weighted by atomic mass is 9.81. The van der Waals surface area contributed by atoms with Crippen molar-refractivity contribution in [3.63, 3.8) is 0 Å². The number of hydrogen-bond donors (Lipinski definition) is 0. The maximum absolute atomic E-state index is 13.5. The van der Waals surface area contributed by atoms with Crippen LogP contribution in [0.15, 0.2) is 133 Å². The van der Waals surface area contributed by atoms with E-state index in [9.17, 15) is 4.79 Å². The average molecular weight is 459 g/mol. The van der Waals surface area contributed by atoms with Crippen LogP contribution in [0.25, 0.3) is 11.1 Å². The molecule has 0 amide bonds. The highest BCUT2D eigenvalue weighted by Crippen LogP contribution is 2.36. The SMILES string of the molecule is CCOC(=O)C(C)(C=C(c1ccccc1)c1ccccc1)C=C(c1ccccc1)c1ccccc1. The number of esters is 1. The Bertz CT molecular complexity index is 1110. The number of ether oxygens (including phenoxy) is 1. The first kappa shape index (κ1) is 24.0. The molecule has 35 heavy (non-hydrogen) atoms. The number of carbonyl (C=O) groups is 1. The van der Waals surface area contributed by atoms with Crippen LogP contribution in [-0.2, 0) is 9.53 Å². The molecule has 0 saturated heterocycles. The van der Waals surface area contributed by atoms with E-state index in [1.54, 1.807) is 0 Å². The third-order valence-electron chi connectivity index (χ3n) is 5.94. The fourth-order valence-corrected chi connectivity index (χ4v) is 4.18. The largest absolute Gasteiger partial charge is 0.465 e. The Hall–Kier alpha value is -4.17. The normalized spacial score (nSPS) is 10.8. The van der Waals surface area contributed by atoms with Gasteiger partial charge < -0.3 is 4.74 Å². The Morgan fingerprint density at radius 3 is 1.14 bits per heavy atom. The van der Waals surface area contributed by atoms with E-state index < -0.39 is 5.41 Å². The Balaban J connectivity index is 1.97. The van der Waals surface area contributed by atoms with Gasteiger partial charge in [-0.15, -0.1) is 0 Å². The van der Waals surface area contributed by atoms with Gasteiger partial charge in [0.2, 0.25) is 0 Å². The standard InChI is InChI=1S/C33H30O2/c1-3-35-32(34)33(2,24-30(26-16-8-4-9-17-26)27-18-10-5-11-19-27)25-31(28-20-12-6-13-21-28)29-22-14-7-15-23-29/h4-25H,3H2,1-2H3. The van der Waals surface area contributed by atoms with Crippen molar-refractivity contribution in [1.29, 1.82) is 0 Å². The third-order valence-corrected chi connectivity index (χ3v) is 5.94. The number of benzene rings is 4. The first-order valence-corrected chi connectivity index (χ1v) is 12.0. The molecule has 4 aromatic carbocycles. The van der Waals surface area contributed by atoms with Crippen molar-refractivity contribution in [1.82, 2.24) is 0 Å². The summed E-state index contributed by atoms with van der Waals surface area (Å²) in [5.74, 6) is -0.284. The first-order valence-electron chi connectivity index (χ1n) is 12.0. The second kappa shape index (κ2) is 11.3. The summed E-state index contributed by atoms with van der Waals surface area (Å²) in [6, 6.07) is 40.7. The van der Waals surface area contributed by atoms with Crippen LogP contribution in [0.2, 0.25) is 0 Å². The van der Waals surface area contributed by atoms with Gasteiger partial charge in [-0.25, -0.2) is 0 Å². The second-order valence-corrected chi connectivity index (χ2v) is 8.58. The summed E-state index contributed by atoms with van der Waals surface area (Å²) in [7, 11) is 0. The van der Waals surface area contributed by atoms with Gasteiger partial charge in [0.15, 0.2) is 0 Å². The molecule has 174 valence electrons. The van der Waals surface area contributed by atoms with Crippen LogP contribution in [-0.4, -0.2) is 12.6 Å². The molecule has 0 heterocycles. The highest BCUT2D eigenvalue weighted by molar-refractivity contribution is 5.92. The smallest absolute Gasteiger partial charge is 0.319 e. The minimum Gasteiger partial charge on any atom is -0.465 e. The Kier molecular flexibility index (Phi) is 7.74. The van der Waals surface area contributed by atoms with E-state index in [0.717, 1.165) is 33.4 Å². The molecule has 4 rings (SSSR count). The van der Waals surface area contributed by atoms with Crippen molar-refractivity contribution in [2.45, 2.75) is 13.8 Å². The summed E-state index contributed by atoms with van der Waals surface area (Å²) in [6.45, 7) is 4.09. The minimum atomic E-state index is -1.02. The molecule has 0 spiro atoms. The summed E-state index contributed by atoms with van der Waals surface area (Å²) in [6.07, 6.45) is 4.09. The molecule has 0 saturated carbocycles. The predicted octanol–water partition coefficient (Wildman–Crippen LogP) is 7.82. The molecule has 0 aromatic heterocycles. The van der Waals surface area contributed by atoms with Gasteiger partial charge in [-0.1, -0.05) is 133 Å². The summed E-state index contributed by atoms with van der Waals surface area (Å²) in [4.78, 5) is 13.5. The van der Waals surface area contributed by atoms with Crippen molar-refractivity contribution >= 4 is 17.1 Å². The molecule has 2 nitrogen and oxygen atoms in total. The van der Waals surface area contributed by atoms with E-state index in [4.69, 9.17) is 4.74 Å². The molecular weight excluding hydrogens is 428 g/mol. The molecule has 0 unspecified atom stereocenters. The number of carbonyl (C=O) groups excluding carboxylic acids is 1. The lowest BCUT2D eigenvalue weighted by Gasteiger charge is -2.24. The van der Waals surface area contributed by atoms with E-state index >= 15 is 0 Å². The quantitative estimate of drug-likeness (QED) is 0.252. The van der Waals surface area contributed by atoms with Crippen LogP contribution < -0.4 is 0 Å². The van der Waals surface area contributed by atoms with Gasteiger partial charge in [0, 0.05) is 0 Å². The number of hydrogen-bond acceptors (Lipinski definition) is 2.